The molecule has 7 atom stereocenters. The summed E-state index contributed by atoms with van der Waals surface area (Å²) < 4.78 is 68.6. The molecule has 1 aliphatic rings. The summed E-state index contributed by atoms with van der Waals surface area (Å²) in [5.74, 6) is -5.16. The van der Waals surface area contributed by atoms with Crippen LogP contribution in [0.4, 0.5) is 0 Å². The summed E-state index contributed by atoms with van der Waals surface area (Å²) in [6, 6.07) is 6.85. The minimum absolute atomic E-state index is 0.224. The first-order chi connectivity index (χ1) is 28.1. The number of carbonyl (C=O) groups excluding carboxylic acids is 5. The number of unbranched alkanes of at least 4 members (excludes halogenated alkanes) is 11. The van der Waals surface area contributed by atoms with Crippen LogP contribution in [0.25, 0.3) is 10.4 Å². The smallest absolute Gasteiger partial charge is 0.338 e. The third-order valence-electron chi connectivity index (χ3n) is 8.37. The van der Waals surface area contributed by atoms with Crippen molar-refractivity contribution in [3.8, 4) is 0 Å². The molecule has 15 nitrogen and oxygen atoms in total. The number of esters is 5. The molecule has 0 aliphatic carbocycles. The Morgan fingerprint density at radius 3 is 1.98 bits per heavy atom. The van der Waals surface area contributed by atoms with Crippen molar-refractivity contribution in [2.24, 2.45) is 5.11 Å². The van der Waals surface area contributed by atoms with Crippen molar-refractivity contribution >= 4 is 29.8 Å². The van der Waals surface area contributed by atoms with Crippen LogP contribution in [0.5, 0.6) is 0 Å². The van der Waals surface area contributed by atoms with E-state index in [1.807, 2.05) is 6.08 Å². The van der Waals surface area contributed by atoms with Crippen LogP contribution in [-0.2, 0) is 52.3 Å². The molecule has 1 fully saturated rings. The normalized spacial score (nSPS) is 21.5. The van der Waals surface area contributed by atoms with Crippen LogP contribution in [-0.4, -0.2) is 85.9 Å². The molecule has 1 aromatic rings. The molecule has 0 aromatic heterocycles. The Morgan fingerprint density at radius 2 is 1.39 bits per heavy atom. The largest absolute Gasteiger partial charge is 0.463 e. The summed E-state index contributed by atoms with van der Waals surface area (Å²) in [6.45, 7) is -2.57. The summed E-state index contributed by atoms with van der Waals surface area (Å²) in [7, 11) is 0. The second-order valence-electron chi connectivity index (χ2n) is 12.7. The van der Waals surface area contributed by atoms with Crippen LogP contribution < -0.4 is 0 Å². The molecule has 15 heteroatoms. The molecular formula is C39H57N3O12. The lowest BCUT2D eigenvalue weighted by molar-refractivity contribution is -0.309. The molecule has 0 spiro atoms. The third kappa shape index (κ3) is 18.0. The van der Waals surface area contributed by atoms with Crippen LogP contribution in [0.15, 0.2) is 47.6 Å². The van der Waals surface area contributed by atoms with Crippen LogP contribution in [0.3, 0.4) is 0 Å². The molecule has 1 heterocycles. The topological polar surface area (TPSA) is 199 Å². The SMILES string of the molecule is [2H]CC(=O)OC[C@H]1OC(OC[C@H](N=[N+]=[N-])[C@@H](/C=C/CCCCCCCCCCCCC)OC(=O)c2ccccc2)[C@H](OC(=O)C[2H])[C@@H](OC(=O)C[2H])[C@@H]1OC(=O)C[2H]. The van der Waals surface area contributed by atoms with E-state index in [0.717, 1.165) is 25.7 Å². The number of benzene rings is 1. The fraction of sp³-hybridized carbons (Fsp3) is 0.667. The highest BCUT2D eigenvalue weighted by atomic mass is 16.7. The van der Waals surface area contributed by atoms with Crippen molar-refractivity contribution in [3.05, 3.63) is 58.5 Å². The van der Waals surface area contributed by atoms with Gasteiger partial charge in [0.15, 0.2) is 24.6 Å². The molecule has 0 bridgehead atoms. The summed E-state index contributed by atoms with van der Waals surface area (Å²) in [5, 5.41) is 3.82. The van der Waals surface area contributed by atoms with E-state index in [4.69, 9.17) is 38.6 Å². The first-order valence-corrected chi connectivity index (χ1v) is 18.3. The van der Waals surface area contributed by atoms with Gasteiger partial charge < -0.3 is 33.2 Å². The molecule has 0 radical (unpaired) electrons. The molecule has 2 rings (SSSR count). The number of carbonyl (C=O) groups is 5. The van der Waals surface area contributed by atoms with Gasteiger partial charge in [0.05, 0.1) is 12.2 Å². The van der Waals surface area contributed by atoms with Crippen LogP contribution in [0.1, 0.15) is 127 Å². The van der Waals surface area contributed by atoms with Gasteiger partial charge in [0.1, 0.15) is 24.9 Å². The lowest BCUT2D eigenvalue weighted by Crippen LogP contribution is -2.63. The second-order valence-corrected chi connectivity index (χ2v) is 12.7. The van der Waals surface area contributed by atoms with E-state index < -0.39 is 114 Å². The maximum atomic E-state index is 13.2. The van der Waals surface area contributed by atoms with Gasteiger partial charge in [0.2, 0.25) is 0 Å². The van der Waals surface area contributed by atoms with Crippen molar-refractivity contribution < 1.29 is 62.6 Å². The number of ether oxygens (including phenoxy) is 7. The second kappa shape index (κ2) is 26.3. The standard InChI is InChI=1S/C39H57N3O12/c1-6-7-8-9-10-11-12-13-14-15-16-17-21-24-33(53-38(47)31-22-19-18-20-23-31)32(41-42-40)25-49-39-37(52-30(5)46)36(51-29(4)45)35(50-28(3)44)34(54-39)26-48-27(2)43/h18-24,32-37,39H,6-17,25-26H2,1-5H3/b24-21+/t32-,33+,34+,35+,36-,37+,39?/m0/s1/i2D,3D,4D,5D. The molecule has 0 amide bonds. The van der Waals surface area contributed by atoms with Crippen LogP contribution in [0.2, 0.25) is 0 Å². The lowest BCUT2D eigenvalue weighted by Gasteiger charge is -2.44. The molecule has 0 N–H and O–H groups in total. The van der Waals surface area contributed by atoms with Crippen LogP contribution in [0, 0.1) is 0 Å². The average molecular weight is 764 g/mol. The van der Waals surface area contributed by atoms with Gasteiger partial charge in [-0.1, -0.05) is 101 Å². The molecule has 1 aromatic carbocycles. The van der Waals surface area contributed by atoms with Gasteiger partial charge in [0, 0.05) is 38.0 Å². The van der Waals surface area contributed by atoms with E-state index in [-0.39, 0.29) is 5.56 Å². The fourth-order valence-corrected chi connectivity index (χ4v) is 5.80. The molecule has 0 saturated carbocycles. The molecular weight excluding hydrogens is 702 g/mol. The predicted molar refractivity (Wildman–Crippen MR) is 197 cm³/mol. The van der Waals surface area contributed by atoms with Gasteiger partial charge in [0.25, 0.3) is 0 Å². The average Bonchev–Trinajstić information content (AvgIpc) is 3.24. The number of allylic oxidation sites excluding steroid dienone is 1. The fourth-order valence-electron chi connectivity index (χ4n) is 5.80. The Labute approximate surface area is 323 Å². The molecule has 1 aliphatic heterocycles. The van der Waals surface area contributed by atoms with Crippen molar-refractivity contribution in [1.29, 1.82) is 0 Å². The molecule has 54 heavy (non-hydrogen) atoms. The Morgan fingerprint density at radius 1 is 0.815 bits per heavy atom. The van der Waals surface area contributed by atoms with Crippen molar-refractivity contribution in [2.75, 3.05) is 13.2 Å². The Balaban J connectivity index is 2.34. The summed E-state index contributed by atoms with van der Waals surface area (Å²) in [6.07, 6.45) is 7.19. The first kappa shape index (κ1) is 39.2. The number of hydrogen-bond donors (Lipinski definition) is 0. The predicted octanol–water partition coefficient (Wildman–Crippen LogP) is 7.25. The Kier molecular flexibility index (Phi) is 19.1. The first-order valence-electron chi connectivity index (χ1n) is 21.1. The van der Waals surface area contributed by atoms with E-state index in [9.17, 15) is 29.5 Å². The summed E-state index contributed by atoms with van der Waals surface area (Å²) in [4.78, 5) is 65.4. The van der Waals surface area contributed by atoms with Crippen molar-refractivity contribution in [2.45, 2.75) is 154 Å². The van der Waals surface area contributed by atoms with E-state index >= 15 is 0 Å². The van der Waals surface area contributed by atoms with E-state index in [1.54, 1.807) is 36.4 Å². The summed E-state index contributed by atoms with van der Waals surface area (Å²) >= 11 is 0. The highest BCUT2D eigenvalue weighted by Crippen LogP contribution is 2.30. The highest BCUT2D eigenvalue weighted by molar-refractivity contribution is 5.89. The van der Waals surface area contributed by atoms with E-state index in [0.29, 0.717) is 6.42 Å². The van der Waals surface area contributed by atoms with Gasteiger partial charge in [-0.2, -0.15) is 0 Å². The zero-order valence-electron chi connectivity index (χ0n) is 35.1. The Bertz CT molecular complexity index is 1470. The van der Waals surface area contributed by atoms with E-state index in [2.05, 4.69) is 16.9 Å². The monoisotopic (exact) mass is 763 g/mol. The minimum Gasteiger partial charge on any atom is -0.463 e. The third-order valence-corrected chi connectivity index (χ3v) is 8.37. The van der Waals surface area contributed by atoms with Gasteiger partial charge in [-0.15, -0.1) is 0 Å². The minimum atomic E-state index is -1.78. The van der Waals surface area contributed by atoms with Gasteiger partial charge in [-0.05, 0) is 36.6 Å². The molecule has 1 saturated heterocycles. The van der Waals surface area contributed by atoms with Gasteiger partial charge in [-0.3, -0.25) is 19.2 Å². The van der Waals surface area contributed by atoms with Crippen molar-refractivity contribution in [1.82, 2.24) is 0 Å². The van der Waals surface area contributed by atoms with Gasteiger partial charge >= 0.3 is 29.8 Å². The maximum absolute atomic E-state index is 13.2. The number of hydrogen-bond acceptors (Lipinski definition) is 13. The lowest BCUT2D eigenvalue weighted by atomic mass is 9.98. The van der Waals surface area contributed by atoms with Gasteiger partial charge in [-0.25, -0.2) is 4.79 Å². The maximum Gasteiger partial charge on any atom is 0.338 e. The molecule has 300 valence electrons. The number of rotatable bonds is 25. The quantitative estimate of drug-likeness (QED) is 0.0184. The number of nitrogens with zero attached hydrogens (tertiary/aromatic N) is 3. The van der Waals surface area contributed by atoms with Crippen molar-refractivity contribution in [3.63, 3.8) is 0 Å². The highest BCUT2D eigenvalue weighted by Gasteiger charge is 2.53. The zero-order chi connectivity index (χ0) is 42.5. The molecule has 1 unspecified atom stereocenters. The summed E-state index contributed by atoms with van der Waals surface area (Å²) in [5.41, 5.74) is 9.80. The Hall–Kier alpha value is -4.46. The zero-order valence-corrected chi connectivity index (χ0v) is 31.1. The van der Waals surface area contributed by atoms with Crippen LogP contribution >= 0.6 is 0 Å². The van der Waals surface area contributed by atoms with E-state index in [1.165, 1.54) is 44.9 Å². The number of azide groups is 1.